The Morgan fingerprint density at radius 1 is 1.27 bits per heavy atom. The number of para-hydroxylation sites is 2. The van der Waals surface area contributed by atoms with Gasteiger partial charge in [0.15, 0.2) is 5.16 Å². The lowest BCUT2D eigenvalue weighted by Crippen LogP contribution is -2.37. The van der Waals surface area contributed by atoms with Gasteiger partial charge >= 0.3 is 0 Å². The second-order valence-corrected chi connectivity index (χ2v) is 8.16. The predicted octanol–water partition coefficient (Wildman–Crippen LogP) is 4.20. The van der Waals surface area contributed by atoms with Crippen LogP contribution in [0.3, 0.4) is 0 Å². The topological polar surface area (TPSA) is 99.3 Å². The van der Waals surface area contributed by atoms with Crippen molar-refractivity contribution in [2.45, 2.75) is 32.0 Å². The van der Waals surface area contributed by atoms with Crippen LogP contribution in [-0.2, 0) is 4.79 Å². The summed E-state index contributed by atoms with van der Waals surface area (Å²) in [6.45, 7) is 6.06. The summed E-state index contributed by atoms with van der Waals surface area (Å²) in [5.74, 6) is 1.05. The minimum Gasteiger partial charge on any atom is -0.495 e. The van der Waals surface area contributed by atoms with E-state index in [0.717, 1.165) is 5.69 Å². The van der Waals surface area contributed by atoms with E-state index in [9.17, 15) is 14.9 Å². The summed E-state index contributed by atoms with van der Waals surface area (Å²) in [5, 5.41) is 14.7. The number of hydrogen-bond acceptors (Lipinski definition) is 6. The van der Waals surface area contributed by atoms with Crippen molar-refractivity contribution in [3.63, 3.8) is 0 Å². The molecule has 0 aliphatic carbocycles. The third kappa shape index (κ3) is 4.56. The van der Waals surface area contributed by atoms with Gasteiger partial charge in [0.1, 0.15) is 5.75 Å². The van der Waals surface area contributed by atoms with Crippen LogP contribution in [0.25, 0.3) is 16.7 Å². The van der Waals surface area contributed by atoms with Gasteiger partial charge in [-0.1, -0.05) is 37.7 Å². The summed E-state index contributed by atoms with van der Waals surface area (Å²) < 4.78 is 7.36. The van der Waals surface area contributed by atoms with Crippen LogP contribution >= 0.6 is 11.8 Å². The van der Waals surface area contributed by atoms with Gasteiger partial charge in [0.05, 0.1) is 34.5 Å². The molecule has 1 amide bonds. The van der Waals surface area contributed by atoms with Crippen molar-refractivity contribution in [1.82, 2.24) is 14.9 Å². The number of rotatable bonds is 8. The lowest BCUT2D eigenvalue weighted by molar-refractivity contribution is -0.384. The van der Waals surface area contributed by atoms with Crippen LogP contribution < -0.4 is 10.1 Å². The van der Waals surface area contributed by atoms with Gasteiger partial charge in [-0.3, -0.25) is 19.5 Å². The molecule has 1 aromatic heterocycles. The number of ether oxygens (including phenoxy) is 1. The smallest absolute Gasteiger partial charge is 0.271 e. The van der Waals surface area contributed by atoms with Gasteiger partial charge in [-0.05, 0) is 31.0 Å². The molecule has 3 rings (SSSR count). The molecular formula is C21H24N4O4S. The van der Waals surface area contributed by atoms with E-state index in [1.807, 2.05) is 49.6 Å². The van der Waals surface area contributed by atoms with Crippen molar-refractivity contribution in [3.05, 3.63) is 52.6 Å². The Labute approximate surface area is 178 Å². The Balaban J connectivity index is 2.01. The van der Waals surface area contributed by atoms with E-state index in [4.69, 9.17) is 4.74 Å². The lowest BCUT2D eigenvalue weighted by Gasteiger charge is -2.17. The SMILES string of the molecule is COc1ccccc1-n1c(SCC(=O)N[C@H](C)C(C)C)nc2cc([N+](=O)[O-])ccc21. The third-order valence-corrected chi connectivity index (χ3v) is 5.80. The second kappa shape index (κ2) is 9.17. The third-order valence-electron chi connectivity index (χ3n) is 4.87. The van der Waals surface area contributed by atoms with Crippen LogP contribution in [0.15, 0.2) is 47.6 Å². The molecule has 3 aromatic rings. The first-order valence-corrected chi connectivity index (χ1v) is 10.5. The number of non-ortho nitro benzene ring substituents is 1. The fourth-order valence-corrected chi connectivity index (χ4v) is 3.73. The average Bonchev–Trinajstić information content (AvgIpc) is 3.09. The highest BCUT2D eigenvalue weighted by atomic mass is 32.2. The van der Waals surface area contributed by atoms with Gasteiger partial charge < -0.3 is 10.1 Å². The van der Waals surface area contributed by atoms with Crippen molar-refractivity contribution in [3.8, 4) is 11.4 Å². The summed E-state index contributed by atoms with van der Waals surface area (Å²) in [6.07, 6.45) is 0. The van der Waals surface area contributed by atoms with E-state index in [-0.39, 0.29) is 23.4 Å². The van der Waals surface area contributed by atoms with Crippen LogP contribution in [0.2, 0.25) is 0 Å². The number of carbonyl (C=O) groups excluding carboxylic acids is 1. The number of imidazole rings is 1. The molecule has 0 saturated heterocycles. The highest BCUT2D eigenvalue weighted by Crippen LogP contribution is 2.33. The van der Waals surface area contributed by atoms with Crippen LogP contribution in [0.4, 0.5) is 5.69 Å². The molecule has 0 fully saturated rings. The van der Waals surface area contributed by atoms with Crippen LogP contribution in [0.1, 0.15) is 20.8 Å². The fraction of sp³-hybridized carbons (Fsp3) is 0.333. The summed E-state index contributed by atoms with van der Waals surface area (Å²) >= 11 is 1.28. The van der Waals surface area contributed by atoms with Crippen molar-refractivity contribution < 1.29 is 14.5 Å². The highest BCUT2D eigenvalue weighted by molar-refractivity contribution is 7.99. The van der Waals surface area contributed by atoms with Crippen LogP contribution in [0.5, 0.6) is 5.75 Å². The number of fused-ring (bicyclic) bond motifs is 1. The average molecular weight is 429 g/mol. The van der Waals surface area contributed by atoms with Gasteiger partial charge in [-0.25, -0.2) is 4.98 Å². The van der Waals surface area contributed by atoms with Gasteiger partial charge in [-0.2, -0.15) is 0 Å². The monoisotopic (exact) mass is 428 g/mol. The standard InChI is InChI=1S/C21H24N4O4S/c1-13(2)14(3)22-20(26)12-30-21-23-16-11-15(25(27)28)9-10-17(16)24(21)18-7-5-6-8-19(18)29-4/h5-11,13-14H,12H2,1-4H3,(H,22,26)/t14-/m1/s1. The van der Waals surface area contributed by atoms with E-state index in [1.165, 1.54) is 23.9 Å². The Hall–Kier alpha value is -3.07. The first-order chi connectivity index (χ1) is 14.3. The highest BCUT2D eigenvalue weighted by Gasteiger charge is 2.20. The summed E-state index contributed by atoms with van der Waals surface area (Å²) in [5.41, 5.74) is 1.89. The zero-order valence-electron chi connectivity index (χ0n) is 17.3. The molecular weight excluding hydrogens is 404 g/mol. The molecule has 0 bridgehead atoms. The lowest BCUT2D eigenvalue weighted by atomic mass is 10.1. The van der Waals surface area contributed by atoms with Gasteiger partial charge in [-0.15, -0.1) is 0 Å². The molecule has 1 heterocycles. The second-order valence-electron chi connectivity index (χ2n) is 7.22. The molecule has 0 aliphatic heterocycles. The molecule has 1 atom stereocenters. The number of nitro benzene ring substituents is 1. The molecule has 30 heavy (non-hydrogen) atoms. The molecule has 0 radical (unpaired) electrons. The Kier molecular flexibility index (Phi) is 6.61. The van der Waals surface area contributed by atoms with E-state index < -0.39 is 4.92 Å². The molecule has 0 spiro atoms. The molecule has 0 unspecified atom stereocenters. The van der Waals surface area contributed by atoms with E-state index in [2.05, 4.69) is 10.3 Å². The minimum absolute atomic E-state index is 0.0350. The van der Waals surface area contributed by atoms with Crippen molar-refractivity contribution in [2.24, 2.45) is 5.92 Å². The first kappa shape index (κ1) is 21.6. The molecule has 1 N–H and O–H groups in total. The predicted molar refractivity (Wildman–Crippen MR) is 117 cm³/mol. The van der Waals surface area contributed by atoms with Gasteiger partial charge in [0.2, 0.25) is 5.91 Å². The number of hydrogen-bond donors (Lipinski definition) is 1. The normalized spacial score (nSPS) is 12.2. The molecule has 9 heteroatoms. The summed E-state index contributed by atoms with van der Waals surface area (Å²) in [6, 6.07) is 12.1. The Morgan fingerprint density at radius 3 is 2.67 bits per heavy atom. The Bertz CT molecular complexity index is 1080. The van der Waals surface area contributed by atoms with Crippen LogP contribution in [0, 0.1) is 16.0 Å². The number of amides is 1. The molecule has 0 saturated carbocycles. The summed E-state index contributed by atoms with van der Waals surface area (Å²) in [4.78, 5) is 27.7. The molecule has 0 aliphatic rings. The van der Waals surface area contributed by atoms with Crippen molar-refractivity contribution in [1.29, 1.82) is 0 Å². The number of nitro groups is 1. The number of thioether (sulfide) groups is 1. The molecule has 158 valence electrons. The number of nitrogens with one attached hydrogen (secondary N) is 1. The van der Waals surface area contributed by atoms with Crippen LogP contribution in [-0.4, -0.2) is 39.3 Å². The van der Waals surface area contributed by atoms with E-state index >= 15 is 0 Å². The maximum atomic E-state index is 12.4. The zero-order valence-corrected chi connectivity index (χ0v) is 18.1. The van der Waals surface area contributed by atoms with E-state index in [1.54, 1.807) is 13.2 Å². The fourth-order valence-electron chi connectivity index (χ4n) is 2.90. The van der Waals surface area contributed by atoms with Crippen molar-refractivity contribution in [2.75, 3.05) is 12.9 Å². The first-order valence-electron chi connectivity index (χ1n) is 9.54. The van der Waals surface area contributed by atoms with E-state index in [0.29, 0.717) is 27.9 Å². The molecule has 8 nitrogen and oxygen atoms in total. The summed E-state index contributed by atoms with van der Waals surface area (Å²) in [7, 11) is 1.58. The number of nitrogens with zero attached hydrogens (tertiary/aromatic N) is 3. The maximum absolute atomic E-state index is 12.4. The minimum atomic E-state index is -0.449. The molecule has 2 aromatic carbocycles. The van der Waals surface area contributed by atoms with Crippen molar-refractivity contribution >= 4 is 34.4 Å². The number of aromatic nitrogens is 2. The number of benzene rings is 2. The Morgan fingerprint density at radius 2 is 2.00 bits per heavy atom. The number of methoxy groups -OCH3 is 1. The number of carbonyl (C=O) groups is 1. The quantitative estimate of drug-likeness (QED) is 0.328. The largest absolute Gasteiger partial charge is 0.495 e. The maximum Gasteiger partial charge on any atom is 0.271 e. The van der Waals surface area contributed by atoms with Gasteiger partial charge in [0, 0.05) is 18.2 Å². The van der Waals surface area contributed by atoms with Gasteiger partial charge in [0.25, 0.3) is 5.69 Å². The zero-order chi connectivity index (χ0) is 21.8.